The average Bonchev–Trinajstić information content (AvgIpc) is 3.46. The van der Waals surface area contributed by atoms with E-state index in [0.29, 0.717) is 41.2 Å². The van der Waals surface area contributed by atoms with Crippen LogP contribution >= 0.6 is 11.6 Å². The Morgan fingerprint density at radius 1 is 1.00 bits per heavy atom. The van der Waals surface area contributed by atoms with Gasteiger partial charge in [-0.3, -0.25) is 4.79 Å². The number of esters is 2. The lowest BCUT2D eigenvalue weighted by molar-refractivity contribution is -0.763. The fourth-order valence-electron chi connectivity index (χ4n) is 6.09. The molecule has 58 heavy (non-hydrogen) atoms. The largest absolute Gasteiger partial charge is 0.493 e. The summed E-state index contributed by atoms with van der Waals surface area (Å²) in [5, 5.41) is 44.1. The number of hydrogen-bond donors (Lipinski definition) is 4. The van der Waals surface area contributed by atoms with Crippen molar-refractivity contribution in [2.24, 2.45) is 11.8 Å². The molecule has 0 saturated heterocycles. The fraction of sp³-hybridized carbons (Fsp3) is 0.357. The maximum absolute atomic E-state index is 12.8. The van der Waals surface area contributed by atoms with Crippen LogP contribution in [0.15, 0.2) is 97.1 Å². The van der Waals surface area contributed by atoms with E-state index in [1.165, 1.54) is 50.5 Å². The van der Waals surface area contributed by atoms with Gasteiger partial charge in [0, 0.05) is 29.9 Å². The van der Waals surface area contributed by atoms with Crippen molar-refractivity contribution in [2.45, 2.75) is 70.0 Å². The predicted octanol–water partition coefficient (Wildman–Crippen LogP) is 5.56. The SMILES string of the molecule is COc1cc(C=CC(=O)Oc2cccc(CO[N+](=O)[O-])c2)ccc1OC(=O)C(C)NC(=O)CCCC=CC[C@@H]1[C@@H](C=C[C@@H](O)COc2cccc(Cl)c2)[C@H](O)C[C@@H]1O. The molecule has 1 amide bonds. The van der Waals surface area contributed by atoms with Gasteiger partial charge in [0.15, 0.2) is 11.5 Å². The van der Waals surface area contributed by atoms with Gasteiger partial charge in [-0.15, -0.1) is 10.1 Å². The summed E-state index contributed by atoms with van der Waals surface area (Å²) in [5.74, 6) is -1.38. The fourth-order valence-corrected chi connectivity index (χ4v) is 6.27. The smallest absolute Gasteiger partial charge is 0.336 e. The Morgan fingerprint density at radius 3 is 2.53 bits per heavy atom. The van der Waals surface area contributed by atoms with Gasteiger partial charge in [0.1, 0.15) is 36.9 Å². The lowest BCUT2D eigenvalue weighted by atomic mass is 9.89. The summed E-state index contributed by atoms with van der Waals surface area (Å²) < 4.78 is 21.7. The molecular formula is C42H47ClN2O13. The Morgan fingerprint density at radius 2 is 1.78 bits per heavy atom. The Balaban J connectivity index is 1.17. The second-order valence-corrected chi connectivity index (χ2v) is 13.9. The topological polar surface area (TPSA) is 213 Å². The zero-order valence-corrected chi connectivity index (χ0v) is 32.7. The second-order valence-electron chi connectivity index (χ2n) is 13.5. The summed E-state index contributed by atoms with van der Waals surface area (Å²) in [6, 6.07) is 16.6. The summed E-state index contributed by atoms with van der Waals surface area (Å²) in [7, 11) is 1.38. The number of aliphatic hydroxyl groups is 3. The quantitative estimate of drug-likeness (QED) is 0.0197. The van der Waals surface area contributed by atoms with Crippen LogP contribution in [0.1, 0.15) is 50.2 Å². The summed E-state index contributed by atoms with van der Waals surface area (Å²) in [5.41, 5.74) is 0.967. The van der Waals surface area contributed by atoms with Gasteiger partial charge < -0.3 is 44.4 Å². The van der Waals surface area contributed by atoms with E-state index in [1.54, 1.807) is 54.6 Å². The number of halogens is 1. The minimum atomic E-state index is -0.964. The molecule has 3 aromatic rings. The number of benzene rings is 3. The van der Waals surface area contributed by atoms with Gasteiger partial charge in [-0.25, -0.2) is 9.59 Å². The van der Waals surface area contributed by atoms with Crippen molar-refractivity contribution in [1.82, 2.24) is 5.32 Å². The number of ether oxygens (including phenoxy) is 4. The van der Waals surface area contributed by atoms with Crippen LogP contribution < -0.4 is 24.3 Å². The molecule has 1 aliphatic carbocycles. The third-order valence-corrected chi connectivity index (χ3v) is 9.27. The standard InChI is InChI=1S/C42H47ClN2O13/c1-27(42(51)58-38-19-15-28(22-39(38)54-2)16-20-41(50)57-33-12-7-9-29(21-33)25-56-45(52)53)44-40(49)14-6-4-3-5-13-34-35(37(48)24-36(34)47)18-17-31(46)26-55-32-11-8-10-30(43)23-32/h3,5,7-12,15-23,27,31,34-37,46-48H,4,6,13-14,24-26H2,1-2H3,(H,44,49)/t27?,31-,34-,35-,36+,37-/m1/s1. The highest BCUT2D eigenvalue weighted by atomic mass is 35.5. The van der Waals surface area contributed by atoms with Crippen LogP contribution in [0.4, 0.5) is 0 Å². The van der Waals surface area contributed by atoms with Crippen LogP contribution in [-0.2, 0) is 25.8 Å². The number of amides is 1. The van der Waals surface area contributed by atoms with Crippen LogP contribution in [0.2, 0.25) is 5.02 Å². The number of methoxy groups -OCH3 is 1. The maximum atomic E-state index is 12.8. The number of unbranched alkanes of at least 4 members (excludes halogenated alkanes) is 1. The molecule has 3 aromatic carbocycles. The molecule has 4 N–H and O–H groups in total. The van der Waals surface area contributed by atoms with Crippen LogP contribution in [0.25, 0.3) is 6.08 Å². The van der Waals surface area contributed by atoms with Crippen molar-refractivity contribution in [3.8, 4) is 23.0 Å². The van der Waals surface area contributed by atoms with Crippen molar-refractivity contribution < 1.29 is 58.6 Å². The molecule has 0 heterocycles. The van der Waals surface area contributed by atoms with E-state index in [1.807, 2.05) is 12.2 Å². The molecule has 4 rings (SSSR count). The third-order valence-electron chi connectivity index (χ3n) is 9.03. The molecule has 0 radical (unpaired) electrons. The van der Waals surface area contributed by atoms with Gasteiger partial charge in [0.25, 0.3) is 5.09 Å². The predicted molar refractivity (Wildman–Crippen MR) is 212 cm³/mol. The minimum Gasteiger partial charge on any atom is -0.493 e. The molecule has 0 aliphatic heterocycles. The second kappa shape index (κ2) is 22.9. The highest BCUT2D eigenvalue weighted by molar-refractivity contribution is 6.30. The highest BCUT2D eigenvalue weighted by Gasteiger charge is 2.39. The van der Waals surface area contributed by atoms with Crippen LogP contribution in [-0.4, -0.2) is 76.3 Å². The molecule has 1 aliphatic rings. The number of carbonyl (C=O) groups is 3. The molecule has 0 aromatic heterocycles. The van der Waals surface area contributed by atoms with Crippen LogP contribution in [0.5, 0.6) is 23.0 Å². The molecule has 6 atom stereocenters. The van der Waals surface area contributed by atoms with Crippen molar-refractivity contribution in [3.63, 3.8) is 0 Å². The van der Waals surface area contributed by atoms with E-state index >= 15 is 0 Å². The van der Waals surface area contributed by atoms with E-state index in [0.717, 1.165) is 0 Å². The van der Waals surface area contributed by atoms with Gasteiger partial charge in [-0.1, -0.05) is 60.2 Å². The van der Waals surface area contributed by atoms with E-state index in [4.69, 9.17) is 30.5 Å². The molecular weight excluding hydrogens is 776 g/mol. The molecule has 0 spiro atoms. The lowest BCUT2D eigenvalue weighted by Crippen LogP contribution is -2.40. The molecule has 1 saturated carbocycles. The van der Waals surface area contributed by atoms with Gasteiger partial charge in [0.2, 0.25) is 5.91 Å². The first-order valence-electron chi connectivity index (χ1n) is 18.5. The summed E-state index contributed by atoms with van der Waals surface area (Å²) in [6.07, 6.45) is 9.29. The zero-order valence-electron chi connectivity index (χ0n) is 32.0. The van der Waals surface area contributed by atoms with Crippen molar-refractivity contribution >= 4 is 35.5 Å². The van der Waals surface area contributed by atoms with Gasteiger partial charge >= 0.3 is 11.9 Å². The first-order valence-corrected chi connectivity index (χ1v) is 18.9. The minimum absolute atomic E-state index is 0.000204. The molecule has 1 unspecified atom stereocenters. The molecule has 0 bridgehead atoms. The molecule has 310 valence electrons. The summed E-state index contributed by atoms with van der Waals surface area (Å²) in [6.45, 7) is 1.20. The number of rotatable bonds is 21. The monoisotopic (exact) mass is 822 g/mol. The van der Waals surface area contributed by atoms with E-state index in [-0.39, 0.29) is 61.0 Å². The van der Waals surface area contributed by atoms with Crippen molar-refractivity contribution in [2.75, 3.05) is 13.7 Å². The van der Waals surface area contributed by atoms with E-state index in [9.17, 15) is 39.8 Å². The summed E-state index contributed by atoms with van der Waals surface area (Å²) >= 11 is 5.97. The van der Waals surface area contributed by atoms with E-state index in [2.05, 4.69) is 10.2 Å². The molecule has 16 heteroatoms. The number of allylic oxidation sites excluding steroid dienone is 2. The lowest BCUT2D eigenvalue weighted by Gasteiger charge is -2.19. The van der Waals surface area contributed by atoms with Gasteiger partial charge in [-0.05, 0) is 91.8 Å². The third kappa shape index (κ3) is 15.0. The van der Waals surface area contributed by atoms with Crippen LogP contribution in [0.3, 0.4) is 0 Å². The zero-order chi connectivity index (χ0) is 42.0. The van der Waals surface area contributed by atoms with Gasteiger partial charge in [-0.2, -0.15) is 0 Å². The Hall–Kier alpha value is -5.74. The number of nitrogens with zero attached hydrogens (tertiary/aromatic N) is 1. The van der Waals surface area contributed by atoms with Crippen molar-refractivity contribution in [1.29, 1.82) is 0 Å². The highest BCUT2D eigenvalue weighted by Crippen LogP contribution is 2.36. The summed E-state index contributed by atoms with van der Waals surface area (Å²) in [4.78, 5) is 52.5. The van der Waals surface area contributed by atoms with Crippen LogP contribution in [0, 0.1) is 22.0 Å². The Kier molecular flexibility index (Phi) is 17.7. The Labute approximate surface area is 340 Å². The van der Waals surface area contributed by atoms with Crippen molar-refractivity contribution in [3.05, 3.63) is 123 Å². The Bertz CT molecular complexity index is 1950. The number of nitrogens with one attached hydrogen (secondary N) is 1. The number of hydrogen-bond acceptors (Lipinski definition) is 13. The number of aliphatic hydroxyl groups excluding tert-OH is 3. The number of carbonyl (C=O) groups excluding carboxylic acids is 3. The normalized spacial score (nSPS) is 18.9. The van der Waals surface area contributed by atoms with Gasteiger partial charge in [0.05, 0.1) is 19.3 Å². The average molecular weight is 823 g/mol. The maximum Gasteiger partial charge on any atom is 0.336 e. The first-order chi connectivity index (χ1) is 27.8. The van der Waals surface area contributed by atoms with E-state index < -0.39 is 41.4 Å². The first kappa shape index (κ1) is 45.0. The molecule has 15 nitrogen and oxygen atoms in total. The molecule has 1 fully saturated rings.